The summed E-state index contributed by atoms with van der Waals surface area (Å²) in [6, 6.07) is 0. The van der Waals surface area contributed by atoms with Crippen LogP contribution in [-0.4, -0.2) is 11.1 Å². The smallest absolute Gasteiger partial charge is 0.303 e. The molecule has 2 nitrogen and oxygen atoms in total. The van der Waals surface area contributed by atoms with Crippen LogP contribution in [0, 0.1) is 0 Å². The fourth-order valence-electron chi connectivity index (χ4n) is 2.09. The molecule has 0 aromatic carbocycles. The number of rotatable bonds is 14. The van der Waals surface area contributed by atoms with E-state index in [-0.39, 0.29) is 6.42 Å². The van der Waals surface area contributed by atoms with Crippen molar-refractivity contribution in [1.29, 1.82) is 0 Å². The van der Waals surface area contributed by atoms with Crippen molar-refractivity contribution in [2.75, 3.05) is 0 Å². The summed E-state index contributed by atoms with van der Waals surface area (Å²) in [5, 5.41) is 8.47. The molecule has 0 radical (unpaired) electrons. The van der Waals surface area contributed by atoms with Crippen molar-refractivity contribution in [3.63, 3.8) is 0 Å². The van der Waals surface area contributed by atoms with Crippen LogP contribution in [0.1, 0.15) is 84.0 Å². The van der Waals surface area contributed by atoms with Gasteiger partial charge in [0.15, 0.2) is 0 Å². The molecule has 0 fully saturated rings. The summed E-state index contributed by atoms with van der Waals surface area (Å²) in [4.78, 5) is 10.3. The Morgan fingerprint density at radius 3 is 1.85 bits per heavy atom. The first-order valence-electron chi connectivity index (χ1n) is 8.29. The highest BCUT2D eigenvalue weighted by Gasteiger charge is 1.91. The highest BCUT2D eigenvalue weighted by molar-refractivity contribution is 5.66. The van der Waals surface area contributed by atoms with Gasteiger partial charge in [-0.25, -0.2) is 0 Å². The lowest BCUT2D eigenvalue weighted by atomic mass is 10.1. The molecular weight excluding hydrogens is 248 g/mol. The highest BCUT2D eigenvalue weighted by Crippen LogP contribution is 2.08. The molecule has 0 aromatic heterocycles. The number of carbonyl (C=O) groups is 1. The Kier molecular flexibility index (Phi) is 15.2. The van der Waals surface area contributed by atoms with Gasteiger partial charge >= 0.3 is 5.97 Å². The van der Waals surface area contributed by atoms with Gasteiger partial charge in [-0.1, -0.05) is 69.8 Å². The number of carboxylic acids is 1. The average molecular weight is 280 g/mol. The van der Waals surface area contributed by atoms with Crippen molar-refractivity contribution in [3.05, 3.63) is 24.3 Å². The first-order chi connectivity index (χ1) is 9.77. The second-order valence-electron chi connectivity index (χ2n) is 5.36. The van der Waals surface area contributed by atoms with E-state index < -0.39 is 5.97 Å². The van der Waals surface area contributed by atoms with Gasteiger partial charge in [0.05, 0.1) is 0 Å². The summed E-state index contributed by atoms with van der Waals surface area (Å²) in [6.45, 7) is 2.26. The molecule has 0 amide bonds. The number of unbranched alkanes of at least 4 members (excludes halogenated alkanes) is 8. The molecule has 0 saturated heterocycles. The van der Waals surface area contributed by atoms with E-state index in [0.717, 1.165) is 12.8 Å². The third-order valence-electron chi connectivity index (χ3n) is 3.33. The quantitative estimate of drug-likeness (QED) is 0.318. The van der Waals surface area contributed by atoms with Gasteiger partial charge in [-0.15, -0.1) is 0 Å². The molecule has 0 rings (SSSR count). The number of aliphatic carboxylic acids is 1. The van der Waals surface area contributed by atoms with Crippen LogP contribution in [0.5, 0.6) is 0 Å². The number of carboxylic acid groups (broad SMARTS) is 1. The SMILES string of the molecule is CCCCCCCCC/C=C/CC/C=C/CCC(=O)O. The van der Waals surface area contributed by atoms with E-state index in [1.807, 2.05) is 6.08 Å². The maximum atomic E-state index is 10.3. The van der Waals surface area contributed by atoms with Crippen LogP contribution in [0.2, 0.25) is 0 Å². The van der Waals surface area contributed by atoms with Gasteiger partial charge in [0.25, 0.3) is 0 Å². The van der Waals surface area contributed by atoms with Crippen LogP contribution in [0.3, 0.4) is 0 Å². The van der Waals surface area contributed by atoms with Gasteiger partial charge < -0.3 is 5.11 Å². The minimum absolute atomic E-state index is 0.241. The zero-order chi connectivity index (χ0) is 14.9. The Balaban J connectivity index is 3.18. The van der Waals surface area contributed by atoms with Crippen molar-refractivity contribution < 1.29 is 9.90 Å². The molecule has 0 aliphatic carbocycles. The molecule has 0 saturated carbocycles. The molecule has 0 spiro atoms. The van der Waals surface area contributed by atoms with Gasteiger partial charge in [0, 0.05) is 6.42 Å². The molecule has 1 N–H and O–H groups in total. The Bertz CT molecular complexity index is 267. The number of hydrogen-bond donors (Lipinski definition) is 1. The Hall–Kier alpha value is -1.05. The summed E-state index contributed by atoms with van der Waals surface area (Å²) in [5.74, 6) is -0.718. The van der Waals surface area contributed by atoms with E-state index in [2.05, 4.69) is 25.2 Å². The highest BCUT2D eigenvalue weighted by atomic mass is 16.4. The second-order valence-corrected chi connectivity index (χ2v) is 5.36. The molecule has 2 heteroatoms. The summed E-state index contributed by atoms with van der Waals surface area (Å²) in [5.41, 5.74) is 0. The maximum Gasteiger partial charge on any atom is 0.303 e. The van der Waals surface area contributed by atoms with E-state index in [9.17, 15) is 4.79 Å². The van der Waals surface area contributed by atoms with Crippen molar-refractivity contribution in [2.24, 2.45) is 0 Å². The third kappa shape index (κ3) is 16.9. The van der Waals surface area contributed by atoms with Crippen LogP contribution in [0.4, 0.5) is 0 Å². The maximum absolute atomic E-state index is 10.3. The lowest BCUT2D eigenvalue weighted by Gasteiger charge is -1.98. The Labute approximate surface area is 125 Å². The van der Waals surface area contributed by atoms with E-state index in [4.69, 9.17) is 5.11 Å². The lowest BCUT2D eigenvalue weighted by Crippen LogP contribution is -1.91. The zero-order valence-electron chi connectivity index (χ0n) is 13.2. The fourth-order valence-corrected chi connectivity index (χ4v) is 2.09. The minimum Gasteiger partial charge on any atom is -0.481 e. The average Bonchev–Trinajstić information content (AvgIpc) is 2.43. The second kappa shape index (κ2) is 16.0. The van der Waals surface area contributed by atoms with Crippen molar-refractivity contribution in [2.45, 2.75) is 84.0 Å². The van der Waals surface area contributed by atoms with Gasteiger partial charge in [-0.2, -0.15) is 0 Å². The van der Waals surface area contributed by atoms with Crippen molar-refractivity contribution >= 4 is 5.97 Å². The summed E-state index contributed by atoms with van der Waals surface area (Å²) in [6.07, 6.45) is 22.4. The van der Waals surface area contributed by atoms with E-state index in [1.165, 1.54) is 51.4 Å². The van der Waals surface area contributed by atoms with Crippen LogP contribution < -0.4 is 0 Å². The van der Waals surface area contributed by atoms with Crippen molar-refractivity contribution in [3.8, 4) is 0 Å². The normalized spacial score (nSPS) is 11.7. The largest absolute Gasteiger partial charge is 0.481 e. The predicted molar refractivity (Wildman–Crippen MR) is 87.0 cm³/mol. The monoisotopic (exact) mass is 280 g/mol. The van der Waals surface area contributed by atoms with Crippen LogP contribution in [0.15, 0.2) is 24.3 Å². The van der Waals surface area contributed by atoms with E-state index in [1.54, 1.807) is 0 Å². The first kappa shape index (κ1) is 18.9. The zero-order valence-corrected chi connectivity index (χ0v) is 13.2. The molecule has 0 heterocycles. The summed E-state index contributed by atoms with van der Waals surface area (Å²) in [7, 11) is 0. The summed E-state index contributed by atoms with van der Waals surface area (Å²) < 4.78 is 0. The van der Waals surface area contributed by atoms with Gasteiger partial charge in [0.2, 0.25) is 0 Å². The first-order valence-corrected chi connectivity index (χ1v) is 8.29. The van der Waals surface area contributed by atoms with E-state index in [0.29, 0.717) is 6.42 Å². The number of hydrogen-bond acceptors (Lipinski definition) is 1. The Morgan fingerprint density at radius 1 is 0.750 bits per heavy atom. The third-order valence-corrected chi connectivity index (χ3v) is 3.33. The number of allylic oxidation sites excluding steroid dienone is 4. The molecule has 0 bridgehead atoms. The lowest BCUT2D eigenvalue weighted by molar-refractivity contribution is -0.136. The molecular formula is C18H32O2. The molecule has 20 heavy (non-hydrogen) atoms. The molecule has 0 aromatic rings. The minimum atomic E-state index is -0.718. The van der Waals surface area contributed by atoms with Gasteiger partial charge in [-0.3, -0.25) is 4.79 Å². The molecule has 0 atom stereocenters. The molecule has 0 aliphatic rings. The fraction of sp³-hybridized carbons (Fsp3) is 0.722. The predicted octanol–water partition coefficient (Wildman–Crippen LogP) is 5.88. The summed E-state index contributed by atoms with van der Waals surface area (Å²) >= 11 is 0. The van der Waals surface area contributed by atoms with Gasteiger partial charge in [-0.05, 0) is 32.1 Å². The van der Waals surface area contributed by atoms with E-state index >= 15 is 0 Å². The molecule has 0 aliphatic heterocycles. The topological polar surface area (TPSA) is 37.3 Å². The van der Waals surface area contributed by atoms with Crippen molar-refractivity contribution in [1.82, 2.24) is 0 Å². The molecule has 116 valence electrons. The standard InChI is InChI=1S/C18H32O2/c1-2-3-4-5-6-7-8-9-10-11-12-13-14-15-16-17-18(19)20/h10-11,14-15H,2-9,12-13,16-17H2,1H3,(H,19,20)/b11-10+,15-14+. The van der Waals surface area contributed by atoms with Crippen LogP contribution in [-0.2, 0) is 4.79 Å². The Morgan fingerprint density at radius 2 is 1.25 bits per heavy atom. The van der Waals surface area contributed by atoms with Crippen LogP contribution in [0.25, 0.3) is 0 Å². The van der Waals surface area contributed by atoms with Crippen LogP contribution >= 0.6 is 0 Å². The van der Waals surface area contributed by atoms with Gasteiger partial charge in [0.1, 0.15) is 0 Å². The molecule has 0 unspecified atom stereocenters.